The largest absolute Gasteiger partial charge is 0.326 e. The van der Waals surface area contributed by atoms with Gasteiger partial charge in [0.15, 0.2) is 0 Å². The quantitative estimate of drug-likeness (QED) is 0.776. The first-order valence-electron chi connectivity index (χ1n) is 6.45. The van der Waals surface area contributed by atoms with Crippen molar-refractivity contribution in [3.63, 3.8) is 0 Å². The molecule has 0 bridgehead atoms. The highest BCUT2D eigenvalue weighted by Gasteiger charge is 1.99. The number of thiophene rings is 1. The van der Waals surface area contributed by atoms with Crippen molar-refractivity contribution in [3.8, 4) is 0 Å². The summed E-state index contributed by atoms with van der Waals surface area (Å²) in [6, 6.07) is 12.1. The number of anilines is 1. The van der Waals surface area contributed by atoms with Gasteiger partial charge in [0, 0.05) is 30.6 Å². The molecule has 3 nitrogen and oxygen atoms in total. The van der Waals surface area contributed by atoms with Gasteiger partial charge < -0.3 is 10.6 Å². The lowest BCUT2D eigenvalue weighted by molar-refractivity contribution is -0.114. The van der Waals surface area contributed by atoms with E-state index in [0.717, 1.165) is 25.2 Å². The van der Waals surface area contributed by atoms with Gasteiger partial charge in [0.1, 0.15) is 0 Å². The standard InChI is InChI=1S/C15H17BrN2OS/c1-11(19)18-13-4-2-12(3-5-13)10-17-9-8-14-6-7-15(16)20-14/h2-7,17H,8-10H2,1H3,(H,18,19). The Hall–Kier alpha value is -1.17. The molecular formula is C15H17BrN2OS. The average Bonchev–Trinajstić information content (AvgIpc) is 2.82. The van der Waals surface area contributed by atoms with Gasteiger partial charge in [-0.05, 0) is 52.2 Å². The molecule has 0 atom stereocenters. The number of benzene rings is 1. The first-order chi connectivity index (χ1) is 9.63. The highest BCUT2D eigenvalue weighted by molar-refractivity contribution is 9.11. The minimum atomic E-state index is -0.0435. The van der Waals surface area contributed by atoms with Gasteiger partial charge in [0.25, 0.3) is 0 Å². The number of halogens is 1. The Bertz CT molecular complexity index is 566. The van der Waals surface area contributed by atoms with Crippen LogP contribution in [0.5, 0.6) is 0 Å². The molecule has 1 heterocycles. The lowest BCUT2D eigenvalue weighted by Crippen LogP contribution is -2.16. The van der Waals surface area contributed by atoms with Crippen molar-refractivity contribution in [2.75, 3.05) is 11.9 Å². The van der Waals surface area contributed by atoms with Crippen molar-refractivity contribution in [3.05, 3.63) is 50.6 Å². The number of amides is 1. The monoisotopic (exact) mass is 352 g/mol. The summed E-state index contributed by atoms with van der Waals surface area (Å²) in [7, 11) is 0. The topological polar surface area (TPSA) is 41.1 Å². The van der Waals surface area contributed by atoms with Crippen molar-refractivity contribution in [2.45, 2.75) is 19.9 Å². The maximum absolute atomic E-state index is 10.9. The number of carbonyl (C=O) groups excluding carboxylic acids is 1. The van der Waals surface area contributed by atoms with Gasteiger partial charge in [-0.3, -0.25) is 4.79 Å². The molecule has 1 aromatic carbocycles. The zero-order chi connectivity index (χ0) is 14.4. The molecule has 2 aromatic rings. The molecule has 0 fully saturated rings. The molecule has 106 valence electrons. The summed E-state index contributed by atoms with van der Waals surface area (Å²) in [5.74, 6) is -0.0435. The molecule has 0 aliphatic rings. The molecule has 0 aliphatic carbocycles. The summed E-state index contributed by atoms with van der Waals surface area (Å²) in [6.45, 7) is 3.31. The van der Waals surface area contributed by atoms with Crippen molar-refractivity contribution < 1.29 is 4.79 Å². The Kier molecular flexibility index (Phi) is 5.76. The first-order valence-corrected chi connectivity index (χ1v) is 8.06. The van der Waals surface area contributed by atoms with Gasteiger partial charge >= 0.3 is 0 Å². The molecule has 0 saturated heterocycles. The third kappa shape index (κ3) is 5.07. The van der Waals surface area contributed by atoms with E-state index >= 15 is 0 Å². The van der Waals surface area contributed by atoms with E-state index in [-0.39, 0.29) is 5.91 Å². The highest BCUT2D eigenvalue weighted by atomic mass is 79.9. The molecule has 2 N–H and O–H groups in total. The van der Waals surface area contributed by atoms with Crippen LogP contribution in [-0.2, 0) is 17.8 Å². The van der Waals surface area contributed by atoms with Crippen molar-refractivity contribution in [2.24, 2.45) is 0 Å². The number of nitrogens with one attached hydrogen (secondary N) is 2. The van der Waals surface area contributed by atoms with Crippen molar-refractivity contribution in [1.82, 2.24) is 5.32 Å². The summed E-state index contributed by atoms with van der Waals surface area (Å²) in [5.41, 5.74) is 2.05. The summed E-state index contributed by atoms with van der Waals surface area (Å²) in [6.07, 6.45) is 1.04. The Morgan fingerprint density at radius 3 is 2.55 bits per heavy atom. The van der Waals surface area contributed by atoms with Crippen LogP contribution in [-0.4, -0.2) is 12.5 Å². The van der Waals surface area contributed by atoms with E-state index in [0.29, 0.717) is 0 Å². The van der Waals surface area contributed by atoms with Crippen LogP contribution < -0.4 is 10.6 Å². The third-order valence-corrected chi connectivity index (χ3v) is 4.46. The molecule has 5 heteroatoms. The number of rotatable bonds is 6. The molecule has 0 aliphatic heterocycles. The van der Waals surface area contributed by atoms with Crippen LogP contribution in [0.25, 0.3) is 0 Å². The van der Waals surface area contributed by atoms with Gasteiger partial charge in [0.2, 0.25) is 5.91 Å². The zero-order valence-corrected chi connectivity index (χ0v) is 13.7. The smallest absolute Gasteiger partial charge is 0.221 e. The SMILES string of the molecule is CC(=O)Nc1ccc(CNCCc2ccc(Br)s2)cc1. The Morgan fingerprint density at radius 2 is 1.95 bits per heavy atom. The van der Waals surface area contributed by atoms with Gasteiger partial charge in [-0.25, -0.2) is 0 Å². The van der Waals surface area contributed by atoms with Crippen LogP contribution in [0.4, 0.5) is 5.69 Å². The maximum Gasteiger partial charge on any atom is 0.221 e. The van der Waals surface area contributed by atoms with Crippen molar-refractivity contribution >= 4 is 38.9 Å². The molecule has 20 heavy (non-hydrogen) atoms. The van der Waals surface area contributed by atoms with Crippen LogP contribution in [0.1, 0.15) is 17.4 Å². The lowest BCUT2D eigenvalue weighted by atomic mass is 10.2. The van der Waals surface area contributed by atoms with E-state index < -0.39 is 0 Å². The molecule has 1 amide bonds. The first kappa shape index (κ1) is 15.2. The van der Waals surface area contributed by atoms with Crippen LogP contribution in [0.2, 0.25) is 0 Å². The fourth-order valence-corrected chi connectivity index (χ4v) is 3.32. The Labute approximate surface area is 131 Å². The Morgan fingerprint density at radius 1 is 1.20 bits per heavy atom. The summed E-state index contributed by atoms with van der Waals surface area (Å²) >= 11 is 5.25. The Balaban J connectivity index is 1.72. The minimum absolute atomic E-state index is 0.0435. The normalized spacial score (nSPS) is 10.5. The van der Waals surface area contributed by atoms with Gasteiger partial charge in [-0.1, -0.05) is 12.1 Å². The zero-order valence-electron chi connectivity index (χ0n) is 11.3. The second-order valence-corrected chi connectivity index (χ2v) is 7.06. The molecular weight excluding hydrogens is 336 g/mol. The predicted octanol–water partition coefficient (Wildman–Crippen LogP) is 3.80. The van der Waals surface area contributed by atoms with Crippen LogP contribution >= 0.6 is 27.3 Å². The second-order valence-electron chi connectivity index (χ2n) is 4.51. The third-order valence-electron chi connectivity index (χ3n) is 2.78. The number of hydrogen-bond donors (Lipinski definition) is 2. The fraction of sp³-hybridized carbons (Fsp3) is 0.267. The number of hydrogen-bond acceptors (Lipinski definition) is 3. The molecule has 0 spiro atoms. The predicted molar refractivity (Wildman–Crippen MR) is 88.2 cm³/mol. The van der Waals surface area contributed by atoms with E-state index in [1.165, 1.54) is 21.2 Å². The molecule has 0 saturated carbocycles. The van der Waals surface area contributed by atoms with E-state index in [4.69, 9.17) is 0 Å². The van der Waals surface area contributed by atoms with Gasteiger partial charge in [0.05, 0.1) is 3.79 Å². The van der Waals surface area contributed by atoms with Crippen LogP contribution in [0.15, 0.2) is 40.2 Å². The summed E-state index contributed by atoms with van der Waals surface area (Å²) < 4.78 is 1.18. The number of carbonyl (C=O) groups is 1. The van der Waals surface area contributed by atoms with Gasteiger partial charge in [-0.15, -0.1) is 11.3 Å². The molecule has 0 unspecified atom stereocenters. The van der Waals surface area contributed by atoms with Crippen LogP contribution in [0.3, 0.4) is 0 Å². The summed E-state index contributed by atoms with van der Waals surface area (Å²) in [4.78, 5) is 12.3. The second kappa shape index (κ2) is 7.57. The van der Waals surface area contributed by atoms with E-state index in [2.05, 4.69) is 38.7 Å². The fourth-order valence-electron chi connectivity index (χ4n) is 1.84. The van der Waals surface area contributed by atoms with Gasteiger partial charge in [-0.2, -0.15) is 0 Å². The van der Waals surface area contributed by atoms with E-state index in [1.807, 2.05) is 24.3 Å². The molecule has 2 rings (SSSR count). The van der Waals surface area contributed by atoms with E-state index in [1.54, 1.807) is 11.3 Å². The maximum atomic E-state index is 10.9. The van der Waals surface area contributed by atoms with Crippen molar-refractivity contribution in [1.29, 1.82) is 0 Å². The summed E-state index contributed by atoms with van der Waals surface area (Å²) in [5, 5.41) is 6.18. The highest BCUT2D eigenvalue weighted by Crippen LogP contribution is 2.22. The van der Waals surface area contributed by atoms with Crippen LogP contribution in [0, 0.1) is 0 Å². The average molecular weight is 353 g/mol. The lowest BCUT2D eigenvalue weighted by Gasteiger charge is -2.06. The minimum Gasteiger partial charge on any atom is -0.326 e. The molecule has 1 aromatic heterocycles. The van der Waals surface area contributed by atoms with E-state index in [9.17, 15) is 4.79 Å². The molecule has 0 radical (unpaired) electrons.